The Kier molecular flexibility index (Phi) is 3030. The molecule has 0 amide bonds. The maximum atomic E-state index is 6.75. The summed E-state index contributed by atoms with van der Waals surface area (Å²) in [5, 5.41) is 0. The second-order valence-electron chi connectivity index (χ2n) is 0.179. The molecule has 12 N–H and O–H groups in total. The summed E-state index contributed by atoms with van der Waals surface area (Å²) in [5.41, 5.74) is 27.0. The van der Waals surface area contributed by atoms with Gasteiger partial charge in [0.2, 0.25) is 0 Å². The summed E-state index contributed by atoms with van der Waals surface area (Å²) in [7, 11) is 4.33. The second kappa shape index (κ2) is 557. The van der Waals surface area contributed by atoms with E-state index in [1.54, 1.807) is 0 Å². The molecule has 0 spiro atoms. The summed E-state index contributed by atoms with van der Waals surface area (Å²) in [6, 6.07) is 0. The van der Waals surface area contributed by atoms with Gasteiger partial charge in [-0.1, -0.05) is 0 Å². The Balaban J connectivity index is -0.00000000544. The number of nitrogens with zero attached hydrogens (tertiary/aromatic N) is 6. The molecule has 0 aromatic rings. The number of hydrogen-bond acceptors (Lipinski definition) is 4. The summed E-state index contributed by atoms with van der Waals surface area (Å²) >= 11 is 3.03. The monoisotopic (exact) mass is 246 g/mol. The van der Waals surface area contributed by atoms with Gasteiger partial charge in [-0.15, -0.1) is 0 Å². The van der Waals surface area contributed by atoms with Gasteiger partial charge in [0.15, 0.2) is 0 Å². The molecule has 0 aromatic heterocycles. The van der Waals surface area contributed by atoms with Crippen molar-refractivity contribution in [3.05, 3.63) is 31.9 Å². The molecule has 0 bridgehead atoms. The maximum absolute atomic E-state index is 6.75. The average molecular weight is 247 g/mol. The fraction of sp³-hybridized carbons (Fsp3) is 0. The Hall–Kier alpha value is -0.744. The van der Waals surface area contributed by atoms with Crippen molar-refractivity contribution in [1.82, 2.24) is 24.6 Å². The molecule has 0 saturated carbocycles. The molecule has 78 valence electrons. The molecule has 0 saturated heterocycles. The SMILES string of the molecule is N.N.N.N.[Cl][Co+2].[N-]=[N+]=[N-].[N-]=[N+]=[N-]. The minimum Gasteiger partial charge on any atom is -0.373 e. The van der Waals surface area contributed by atoms with Crippen LogP contribution in [-0.4, -0.2) is 0 Å². The first-order valence-electron chi connectivity index (χ1n) is 0.926. The number of halogens is 1. The van der Waals surface area contributed by atoms with E-state index in [-0.39, 0.29) is 24.6 Å². The normalized spacial score (nSPS) is 1.83. The maximum Gasteiger partial charge on any atom is -0.255 e. The van der Waals surface area contributed by atoms with Crippen LogP contribution in [0.4, 0.5) is 0 Å². The van der Waals surface area contributed by atoms with Crippen LogP contribution in [0.15, 0.2) is 0 Å². The fourth-order valence-electron chi connectivity index (χ4n) is 0. The van der Waals surface area contributed by atoms with Crippen molar-refractivity contribution in [1.29, 1.82) is 0 Å². The third kappa shape index (κ3) is 1140. The Bertz CT molecular complexity index is 63.8. The molecule has 0 aromatic carbocycles. The zero-order valence-corrected chi connectivity index (χ0v) is 8.02. The van der Waals surface area contributed by atoms with E-state index in [1.165, 1.54) is 9.82 Å². The van der Waals surface area contributed by atoms with Gasteiger partial charge in [0.25, 0.3) is 0 Å². The summed E-state index contributed by atoms with van der Waals surface area (Å²) in [6.07, 6.45) is 0. The van der Waals surface area contributed by atoms with Crippen LogP contribution in [0.25, 0.3) is 31.9 Å². The number of hydrogen-bond donors (Lipinski definition) is 4. The van der Waals surface area contributed by atoms with E-state index in [0.717, 1.165) is 0 Å². The molecule has 0 aliphatic rings. The summed E-state index contributed by atoms with van der Waals surface area (Å²) in [5.74, 6) is 0. The van der Waals surface area contributed by atoms with Crippen molar-refractivity contribution < 1.29 is 14.8 Å². The van der Waals surface area contributed by atoms with Crippen LogP contribution < -0.4 is 24.6 Å². The second-order valence-corrected chi connectivity index (χ2v) is 0.179. The summed E-state index contributed by atoms with van der Waals surface area (Å²) in [6.45, 7) is 0. The Labute approximate surface area is 82.0 Å². The third-order valence-electron chi connectivity index (χ3n) is 0. The van der Waals surface area contributed by atoms with Crippen LogP contribution >= 0.6 is 10.1 Å². The van der Waals surface area contributed by atoms with Crippen LogP contribution in [0.5, 0.6) is 0 Å². The van der Waals surface area contributed by atoms with Gasteiger partial charge in [-0.2, -0.15) is 0 Å². The van der Waals surface area contributed by atoms with Crippen molar-refractivity contribution in [2.24, 2.45) is 0 Å². The van der Waals surface area contributed by atoms with E-state index in [0.29, 0.717) is 0 Å². The summed E-state index contributed by atoms with van der Waals surface area (Å²) in [4.78, 5) is 3.00. The molecule has 12 heavy (non-hydrogen) atoms. The van der Waals surface area contributed by atoms with Crippen LogP contribution in [0.2, 0.25) is 0 Å². The van der Waals surface area contributed by atoms with E-state index in [1.807, 2.05) is 0 Å². The van der Waals surface area contributed by atoms with Gasteiger partial charge in [0, 0.05) is 0 Å². The molecule has 10 nitrogen and oxygen atoms in total. The zero-order chi connectivity index (χ0) is 7.41. The molecule has 0 radical (unpaired) electrons. The van der Waals surface area contributed by atoms with Gasteiger partial charge in [-0.25, -0.2) is 0 Å². The van der Waals surface area contributed by atoms with Gasteiger partial charge in [-0.05, 0) is 0 Å². The molecule has 0 atom stereocenters. The van der Waals surface area contributed by atoms with Crippen molar-refractivity contribution in [2.45, 2.75) is 0 Å². The van der Waals surface area contributed by atoms with Gasteiger partial charge in [0.1, 0.15) is 0 Å². The van der Waals surface area contributed by atoms with Gasteiger partial charge >= 0.3 is 25.0 Å². The van der Waals surface area contributed by atoms with E-state index in [2.05, 4.69) is 25.0 Å². The quantitative estimate of drug-likeness (QED) is 0.285. The van der Waals surface area contributed by atoms with Crippen molar-refractivity contribution >= 4 is 10.1 Å². The molecular weight excluding hydrogens is 234 g/mol. The van der Waals surface area contributed by atoms with E-state index in [4.69, 9.17) is 22.1 Å². The third-order valence-corrected chi connectivity index (χ3v) is 0. The molecule has 0 aliphatic carbocycles. The zero-order valence-electron chi connectivity index (χ0n) is 6.22. The number of rotatable bonds is 0. The standard InChI is InChI=1S/ClH.Co.2N3.4H3N/c;;2*1-3-2;;;;/h1H;;;;4*1H3/q;+3;2*-1;;;;/p-1. The smallest absolute Gasteiger partial charge is 0.255 e. The van der Waals surface area contributed by atoms with Gasteiger partial charge in [0.05, 0.1) is 0 Å². The van der Waals surface area contributed by atoms with Gasteiger partial charge in [-0.3, -0.25) is 9.82 Å². The van der Waals surface area contributed by atoms with Crippen molar-refractivity contribution in [3.63, 3.8) is 0 Å². The Morgan fingerprint density at radius 1 is 0.667 bits per heavy atom. The largest absolute Gasteiger partial charge is 0.373 e. The predicted octanol–water partition coefficient (Wildman–Crippen LogP) is 3.07. The topological polar surface area (TPSA) is 257 Å². The van der Waals surface area contributed by atoms with E-state index < -0.39 is 0 Å². The molecule has 0 fully saturated rings. The van der Waals surface area contributed by atoms with E-state index >= 15 is 0 Å². The van der Waals surface area contributed by atoms with Gasteiger partial charge < -0.3 is 46.7 Å². The molecular formula is H12ClCoN10. The van der Waals surface area contributed by atoms with Crippen molar-refractivity contribution in [3.8, 4) is 0 Å². The molecule has 0 heterocycles. The minimum absolute atomic E-state index is 0. The van der Waals surface area contributed by atoms with Crippen LogP contribution in [0, 0.1) is 0 Å². The summed E-state index contributed by atoms with van der Waals surface area (Å²) < 4.78 is 0. The molecule has 0 rings (SSSR count). The molecule has 0 unspecified atom stereocenters. The molecule has 12 heteroatoms. The van der Waals surface area contributed by atoms with Crippen LogP contribution in [0.1, 0.15) is 0 Å². The minimum atomic E-state index is 0. The first-order chi connectivity index (χ1) is 3.83. The molecule has 0 aliphatic heterocycles. The first kappa shape index (κ1) is 65.4. The van der Waals surface area contributed by atoms with Crippen LogP contribution in [-0.2, 0) is 14.8 Å². The first-order valence-corrected chi connectivity index (χ1v) is 2.36. The average Bonchev–Trinajstić information content (AvgIpc) is 1.75. The Morgan fingerprint density at radius 3 is 0.667 bits per heavy atom. The predicted molar refractivity (Wildman–Crippen MR) is 46.1 cm³/mol. The fourth-order valence-corrected chi connectivity index (χ4v) is 0. The van der Waals surface area contributed by atoms with Crippen molar-refractivity contribution in [2.75, 3.05) is 0 Å². The van der Waals surface area contributed by atoms with Crippen LogP contribution in [0.3, 0.4) is 0 Å². The Morgan fingerprint density at radius 2 is 0.667 bits per heavy atom. The van der Waals surface area contributed by atoms with E-state index in [9.17, 15) is 0 Å².